The Morgan fingerprint density at radius 1 is 1.21 bits per heavy atom. The molecule has 0 aliphatic heterocycles. The van der Waals surface area contributed by atoms with Crippen molar-refractivity contribution in [3.05, 3.63) is 24.3 Å². The van der Waals surface area contributed by atoms with Crippen LogP contribution in [-0.4, -0.2) is 28.1 Å². The van der Waals surface area contributed by atoms with Crippen molar-refractivity contribution in [1.29, 1.82) is 0 Å². The molecule has 2 rings (SSSR count). The van der Waals surface area contributed by atoms with Crippen molar-refractivity contribution >= 4 is 11.8 Å². The molecule has 0 radical (unpaired) electrons. The summed E-state index contributed by atoms with van der Waals surface area (Å²) in [4.78, 5) is 23.3. The van der Waals surface area contributed by atoms with Gasteiger partial charge in [-0.2, -0.15) is 0 Å². The highest BCUT2D eigenvalue weighted by Gasteiger charge is 2.29. The van der Waals surface area contributed by atoms with Crippen molar-refractivity contribution in [2.75, 3.05) is 0 Å². The number of unbranched alkanes of at least 4 members (excludes halogenated alkanes) is 2. The summed E-state index contributed by atoms with van der Waals surface area (Å²) in [5, 5.41) is 19.6. The van der Waals surface area contributed by atoms with Crippen LogP contribution in [-0.2, 0) is 9.59 Å². The van der Waals surface area contributed by atoms with E-state index >= 15 is 0 Å². The highest BCUT2D eigenvalue weighted by atomic mass is 16.4. The summed E-state index contributed by atoms with van der Waals surface area (Å²) in [6.45, 7) is 4.20. The summed E-state index contributed by atoms with van der Waals surface area (Å²) in [5.74, 6) is 0.447. The van der Waals surface area contributed by atoms with Crippen LogP contribution in [0.25, 0.3) is 0 Å². The van der Waals surface area contributed by atoms with Crippen molar-refractivity contribution in [2.45, 2.75) is 84.2 Å². The zero-order chi connectivity index (χ0) is 20.5. The summed E-state index contributed by atoms with van der Waals surface area (Å²) in [6, 6.07) is 0. The second kappa shape index (κ2) is 11.5. The third-order valence-electron chi connectivity index (χ3n) is 6.80. The summed E-state index contributed by atoms with van der Waals surface area (Å²) in [5.41, 5.74) is 0. The van der Waals surface area contributed by atoms with Gasteiger partial charge in [0.15, 0.2) is 5.78 Å². The lowest BCUT2D eigenvalue weighted by molar-refractivity contribution is -0.142. The first kappa shape index (κ1) is 22.9. The van der Waals surface area contributed by atoms with Gasteiger partial charge in [0.25, 0.3) is 0 Å². The minimum Gasteiger partial charge on any atom is -0.481 e. The zero-order valence-electron chi connectivity index (χ0n) is 17.6. The number of aliphatic hydroxyl groups excluding tert-OH is 1. The number of aliphatic carboxylic acids is 1. The van der Waals surface area contributed by atoms with Gasteiger partial charge in [0.05, 0.1) is 12.0 Å². The molecule has 4 heteroatoms. The second-order valence-electron chi connectivity index (χ2n) is 8.92. The molecule has 0 aromatic rings. The maximum Gasteiger partial charge on any atom is 0.306 e. The fourth-order valence-corrected chi connectivity index (χ4v) is 4.65. The van der Waals surface area contributed by atoms with Crippen LogP contribution in [0.4, 0.5) is 0 Å². The number of carbonyl (C=O) groups excluding carboxylic acids is 1. The number of carboxylic acids is 1. The fraction of sp³-hybridized carbons (Fsp3) is 0.750. The number of allylic oxidation sites excluding steroid dienone is 3. The van der Waals surface area contributed by atoms with Gasteiger partial charge in [-0.05, 0) is 50.0 Å². The lowest BCUT2D eigenvalue weighted by Crippen LogP contribution is -2.23. The van der Waals surface area contributed by atoms with E-state index in [9.17, 15) is 14.7 Å². The van der Waals surface area contributed by atoms with Crippen LogP contribution in [0.5, 0.6) is 0 Å². The molecule has 0 heterocycles. The zero-order valence-corrected chi connectivity index (χ0v) is 17.6. The predicted molar refractivity (Wildman–Crippen MR) is 112 cm³/mol. The Labute approximate surface area is 170 Å². The Kier molecular flexibility index (Phi) is 9.43. The van der Waals surface area contributed by atoms with Crippen molar-refractivity contribution in [2.24, 2.45) is 29.6 Å². The highest BCUT2D eigenvalue weighted by molar-refractivity contribution is 5.94. The minimum atomic E-state index is -0.700. The molecule has 1 saturated carbocycles. The quantitative estimate of drug-likeness (QED) is 0.377. The molecule has 1 fully saturated rings. The molecule has 2 unspecified atom stereocenters. The summed E-state index contributed by atoms with van der Waals surface area (Å²) in [7, 11) is 0. The Morgan fingerprint density at radius 2 is 1.93 bits per heavy atom. The van der Waals surface area contributed by atoms with E-state index < -0.39 is 12.1 Å². The highest BCUT2D eigenvalue weighted by Crippen LogP contribution is 2.32. The van der Waals surface area contributed by atoms with Gasteiger partial charge in [0, 0.05) is 11.8 Å². The Balaban J connectivity index is 1.74. The van der Waals surface area contributed by atoms with Gasteiger partial charge in [-0.15, -0.1) is 0 Å². The number of aliphatic hydroxyl groups is 1. The van der Waals surface area contributed by atoms with Crippen LogP contribution >= 0.6 is 0 Å². The molecule has 2 aliphatic rings. The number of ketones is 1. The standard InChI is InChI=1S/C24H38O4/c1-3-18(24(27)28)7-5-4-6-8-21-19(14-16-23(21)26)13-15-22(25)20-11-9-17(2)10-12-20/h13-22,25H,3-12H2,1-2H3,(H,27,28)/b15-13+/t17?,18?,19-,20?,21+,22?/m0/s1. The summed E-state index contributed by atoms with van der Waals surface area (Å²) >= 11 is 0. The van der Waals surface area contributed by atoms with Crippen LogP contribution in [0, 0.1) is 29.6 Å². The van der Waals surface area contributed by atoms with E-state index in [4.69, 9.17) is 5.11 Å². The number of carbonyl (C=O) groups is 2. The van der Waals surface area contributed by atoms with E-state index in [1.165, 1.54) is 12.8 Å². The Bertz CT molecular complexity index is 557. The largest absolute Gasteiger partial charge is 0.481 e. The molecule has 0 aromatic heterocycles. The first-order chi connectivity index (χ1) is 13.4. The van der Waals surface area contributed by atoms with Gasteiger partial charge in [-0.25, -0.2) is 0 Å². The summed E-state index contributed by atoms with van der Waals surface area (Å²) in [6.07, 6.45) is 16.8. The van der Waals surface area contributed by atoms with Crippen molar-refractivity contribution in [3.63, 3.8) is 0 Å². The van der Waals surface area contributed by atoms with E-state index in [2.05, 4.69) is 6.92 Å². The van der Waals surface area contributed by atoms with Gasteiger partial charge in [0.2, 0.25) is 0 Å². The van der Waals surface area contributed by atoms with E-state index in [0.29, 0.717) is 12.3 Å². The molecular weight excluding hydrogens is 352 g/mol. The van der Waals surface area contributed by atoms with Gasteiger partial charge in [-0.3, -0.25) is 9.59 Å². The molecule has 2 aliphatic carbocycles. The van der Waals surface area contributed by atoms with E-state index in [-0.39, 0.29) is 23.5 Å². The lowest BCUT2D eigenvalue weighted by Gasteiger charge is -2.28. The Hall–Kier alpha value is -1.42. The normalized spacial score (nSPS) is 30.0. The van der Waals surface area contributed by atoms with Gasteiger partial charge in [0.1, 0.15) is 0 Å². The van der Waals surface area contributed by atoms with Crippen LogP contribution in [0.3, 0.4) is 0 Å². The fourth-order valence-electron chi connectivity index (χ4n) is 4.65. The van der Waals surface area contributed by atoms with E-state index in [0.717, 1.165) is 50.9 Å². The van der Waals surface area contributed by atoms with Crippen molar-refractivity contribution < 1.29 is 19.8 Å². The van der Waals surface area contributed by atoms with Crippen LogP contribution in [0.1, 0.15) is 78.1 Å². The molecule has 4 atom stereocenters. The van der Waals surface area contributed by atoms with Gasteiger partial charge >= 0.3 is 5.97 Å². The Morgan fingerprint density at radius 3 is 2.57 bits per heavy atom. The molecule has 28 heavy (non-hydrogen) atoms. The number of hydrogen-bond acceptors (Lipinski definition) is 3. The maximum absolute atomic E-state index is 12.2. The molecule has 4 nitrogen and oxygen atoms in total. The van der Waals surface area contributed by atoms with Crippen LogP contribution in [0.2, 0.25) is 0 Å². The van der Waals surface area contributed by atoms with Gasteiger partial charge in [-0.1, -0.05) is 64.2 Å². The number of rotatable bonds is 11. The lowest BCUT2D eigenvalue weighted by atomic mass is 9.79. The topological polar surface area (TPSA) is 74.6 Å². The average Bonchev–Trinajstić information content (AvgIpc) is 3.02. The third kappa shape index (κ3) is 6.88. The van der Waals surface area contributed by atoms with Crippen molar-refractivity contribution in [3.8, 4) is 0 Å². The first-order valence-corrected chi connectivity index (χ1v) is 11.2. The molecule has 158 valence electrons. The number of hydrogen-bond donors (Lipinski definition) is 2. The molecule has 0 bridgehead atoms. The maximum atomic E-state index is 12.2. The molecular formula is C24H38O4. The third-order valence-corrected chi connectivity index (χ3v) is 6.80. The van der Waals surface area contributed by atoms with E-state index in [1.807, 2.05) is 25.2 Å². The summed E-state index contributed by atoms with van der Waals surface area (Å²) < 4.78 is 0. The molecule has 0 aromatic carbocycles. The predicted octanol–water partition coefficient (Wildman–Crippen LogP) is 5.16. The molecule has 0 saturated heterocycles. The molecule has 0 spiro atoms. The minimum absolute atomic E-state index is 0.0173. The van der Waals surface area contributed by atoms with E-state index in [1.54, 1.807) is 6.08 Å². The van der Waals surface area contributed by atoms with Crippen LogP contribution < -0.4 is 0 Å². The van der Waals surface area contributed by atoms with Crippen molar-refractivity contribution in [1.82, 2.24) is 0 Å². The molecule has 2 N–H and O–H groups in total. The monoisotopic (exact) mass is 390 g/mol. The average molecular weight is 391 g/mol. The second-order valence-corrected chi connectivity index (χ2v) is 8.92. The first-order valence-electron chi connectivity index (χ1n) is 11.2. The van der Waals surface area contributed by atoms with Crippen LogP contribution in [0.15, 0.2) is 24.3 Å². The smallest absolute Gasteiger partial charge is 0.306 e. The molecule has 0 amide bonds. The number of carboxylic acid groups (broad SMARTS) is 1. The van der Waals surface area contributed by atoms with Gasteiger partial charge < -0.3 is 10.2 Å². The SMILES string of the molecule is CCC(CCCCC[C@H]1C(=O)C=C[C@@H]1/C=C/C(O)C1CCC(C)CC1)C(=O)O.